The number of aromatic nitrogens is 2. The van der Waals surface area contributed by atoms with Crippen LogP contribution in [0.15, 0.2) is 72.9 Å². The van der Waals surface area contributed by atoms with Gasteiger partial charge in [0.1, 0.15) is 5.82 Å². The molecule has 2 heterocycles. The molecule has 4 rings (SSSR count). The van der Waals surface area contributed by atoms with Crippen molar-refractivity contribution in [3.8, 4) is 11.3 Å². The minimum Gasteiger partial charge on any atom is -0.307 e. The van der Waals surface area contributed by atoms with Crippen LogP contribution in [0.3, 0.4) is 0 Å². The van der Waals surface area contributed by atoms with Crippen molar-refractivity contribution in [3.05, 3.63) is 89.6 Å². The lowest BCUT2D eigenvalue weighted by Gasteiger charge is -2.11. The standard InChI is InChI=1S/C24H21N3O/c1-3-17-9-11-18(12-10-17)22-14-20(19-6-4-5-7-21(19)26-22)24(28)27-23-13-8-16(2)15-25-23/h4-15H,3H2,1-2H3,(H,25,27,28). The van der Waals surface area contributed by atoms with E-state index >= 15 is 0 Å². The minimum absolute atomic E-state index is 0.193. The van der Waals surface area contributed by atoms with Gasteiger partial charge in [-0.1, -0.05) is 55.5 Å². The van der Waals surface area contributed by atoms with Crippen LogP contribution in [-0.2, 0) is 6.42 Å². The van der Waals surface area contributed by atoms with Gasteiger partial charge in [0.15, 0.2) is 0 Å². The maximum absolute atomic E-state index is 13.0. The van der Waals surface area contributed by atoms with Gasteiger partial charge in [0.05, 0.1) is 16.8 Å². The van der Waals surface area contributed by atoms with Crippen LogP contribution < -0.4 is 5.32 Å². The average Bonchev–Trinajstić information content (AvgIpc) is 2.74. The Kier molecular flexibility index (Phi) is 4.85. The second-order valence-electron chi connectivity index (χ2n) is 6.80. The fourth-order valence-corrected chi connectivity index (χ4v) is 3.15. The number of carbonyl (C=O) groups is 1. The summed E-state index contributed by atoms with van der Waals surface area (Å²) in [4.78, 5) is 22.1. The third kappa shape index (κ3) is 3.62. The molecule has 0 fully saturated rings. The molecular weight excluding hydrogens is 346 g/mol. The van der Waals surface area contributed by atoms with Gasteiger partial charge in [-0.05, 0) is 42.7 Å². The van der Waals surface area contributed by atoms with E-state index in [9.17, 15) is 4.79 Å². The van der Waals surface area contributed by atoms with Gasteiger partial charge in [-0.2, -0.15) is 0 Å². The zero-order valence-corrected chi connectivity index (χ0v) is 15.9. The number of nitrogens with one attached hydrogen (secondary N) is 1. The molecule has 0 aliphatic carbocycles. The van der Waals surface area contributed by atoms with Crippen molar-refractivity contribution in [2.24, 2.45) is 0 Å². The summed E-state index contributed by atoms with van der Waals surface area (Å²) in [5, 5.41) is 3.72. The number of rotatable bonds is 4. The van der Waals surface area contributed by atoms with Crippen LogP contribution in [0.1, 0.15) is 28.4 Å². The highest BCUT2D eigenvalue weighted by Gasteiger charge is 2.14. The number of hydrogen-bond acceptors (Lipinski definition) is 3. The molecular formula is C24H21N3O. The van der Waals surface area contributed by atoms with E-state index in [1.54, 1.807) is 12.3 Å². The van der Waals surface area contributed by atoms with Gasteiger partial charge >= 0.3 is 0 Å². The molecule has 0 saturated carbocycles. The maximum atomic E-state index is 13.0. The highest BCUT2D eigenvalue weighted by Crippen LogP contribution is 2.26. The Balaban J connectivity index is 1.77. The molecule has 0 saturated heterocycles. The Morgan fingerprint density at radius 3 is 2.50 bits per heavy atom. The number of pyridine rings is 2. The first kappa shape index (κ1) is 17.9. The molecule has 2 aromatic carbocycles. The summed E-state index contributed by atoms with van der Waals surface area (Å²) in [6.45, 7) is 4.09. The van der Waals surface area contributed by atoms with Gasteiger partial charge in [0.2, 0.25) is 0 Å². The third-order valence-corrected chi connectivity index (χ3v) is 4.77. The number of nitrogens with zero attached hydrogens (tertiary/aromatic N) is 2. The molecule has 1 N–H and O–H groups in total. The number of para-hydroxylation sites is 1. The van der Waals surface area contributed by atoms with Crippen LogP contribution in [-0.4, -0.2) is 15.9 Å². The molecule has 0 spiro atoms. The Bertz CT molecular complexity index is 1130. The molecule has 0 aliphatic rings. The van der Waals surface area contributed by atoms with Crippen molar-refractivity contribution in [2.45, 2.75) is 20.3 Å². The predicted molar refractivity (Wildman–Crippen MR) is 113 cm³/mol. The monoisotopic (exact) mass is 367 g/mol. The molecule has 28 heavy (non-hydrogen) atoms. The van der Waals surface area contributed by atoms with Gasteiger partial charge in [-0.25, -0.2) is 9.97 Å². The fraction of sp³-hybridized carbons (Fsp3) is 0.125. The summed E-state index contributed by atoms with van der Waals surface area (Å²) in [5.41, 5.74) is 5.47. The molecule has 0 atom stereocenters. The molecule has 0 radical (unpaired) electrons. The van der Waals surface area contributed by atoms with E-state index in [1.807, 2.05) is 43.3 Å². The quantitative estimate of drug-likeness (QED) is 0.524. The van der Waals surface area contributed by atoms with Crippen LogP contribution in [0.25, 0.3) is 22.2 Å². The number of benzene rings is 2. The lowest BCUT2D eigenvalue weighted by Crippen LogP contribution is -2.14. The summed E-state index contributed by atoms with van der Waals surface area (Å²) in [6.07, 6.45) is 2.73. The summed E-state index contributed by atoms with van der Waals surface area (Å²) in [7, 11) is 0. The lowest BCUT2D eigenvalue weighted by molar-refractivity contribution is 0.102. The first-order valence-electron chi connectivity index (χ1n) is 9.37. The first-order chi connectivity index (χ1) is 13.6. The minimum atomic E-state index is -0.193. The largest absolute Gasteiger partial charge is 0.307 e. The van der Waals surface area contributed by atoms with Crippen molar-refractivity contribution >= 4 is 22.6 Å². The van der Waals surface area contributed by atoms with Crippen LogP contribution in [0.5, 0.6) is 0 Å². The Morgan fingerprint density at radius 2 is 1.79 bits per heavy atom. The van der Waals surface area contributed by atoms with Crippen molar-refractivity contribution in [3.63, 3.8) is 0 Å². The molecule has 138 valence electrons. The van der Waals surface area contributed by atoms with Crippen molar-refractivity contribution in [1.29, 1.82) is 0 Å². The lowest BCUT2D eigenvalue weighted by atomic mass is 10.0. The zero-order chi connectivity index (χ0) is 19.5. The highest BCUT2D eigenvalue weighted by atomic mass is 16.1. The van der Waals surface area contributed by atoms with Crippen molar-refractivity contribution < 1.29 is 4.79 Å². The second kappa shape index (κ2) is 7.61. The molecule has 4 nitrogen and oxygen atoms in total. The molecule has 2 aromatic heterocycles. The Morgan fingerprint density at radius 1 is 1.00 bits per heavy atom. The first-order valence-corrected chi connectivity index (χ1v) is 9.37. The number of fused-ring (bicyclic) bond motifs is 1. The number of aryl methyl sites for hydroxylation is 2. The highest BCUT2D eigenvalue weighted by molar-refractivity contribution is 6.12. The van der Waals surface area contributed by atoms with E-state index in [0.717, 1.165) is 34.1 Å². The van der Waals surface area contributed by atoms with E-state index in [0.29, 0.717) is 11.4 Å². The SMILES string of the molecule is CCc1ccc(-c2cc(C(=O)Nc3ccc(C)cn3)c3ccccc3n2)cc1. The smallest absolute Gasteiger partial charge is 0.257 e. The van der Waals surface area contributed by atoms with Gasteiger partial charge in [0.25, 0.3) is 5.91 Å². The Hall–Kier alpha value is -3.53. The normalized spacial score (nSPS) is 10.8. The molecule has 4 aromatic rings. The molecule has 1 amide bonds. The maximum Gasteiger partial charge on any atom is 0.257 e. The van der Waals surface area contributed by atoms with E-state index in [2.05, 4.69) is 41.5 Å². The van der Waals surface area contributed by atoms with Crippen LogP contribution in [0.4, 0.5) is 5.82 Å². The summed E-state index contributed by atoms with van der Waals surface area (Å²) >= 11 is 0. The van der Waals surface area contributed by atoms with Crippen LogP contribution in [0, 0.1) is 6.92 Å². The summed E-state index contributed by atoms with van der Waals surface area (Å²) in [6, 6.07) is 21.6. The summed E-state index contributed by atoms with van der Waals surface area (Å²) in [5.74, 6) is 0.340. The Labute approximate surface area is 164 Å². The van der Waals surface area contributed by atoms with Crippen molar-refractivity contribution in [2.75, 3.05) is 5.32 Å². The topological polar surface area (TPSA) is 54.9 Å². The number of anilines is 1. The van der Waals surface area contributed by atoms with Gasteiger partial charge < -0.3 is 5.32 Å². The van der Waals surface area contributed by atoms with Crippen LogP contribution in [0.2, 0.25) is 0 Å². The van der Waals surface area contributed by atoms with E-state index in [-0.39, 0.29) is 5.91 Å². The molecule has 0 unspecified atom stereocenters. The molecule has 4 heteroatoms. The number of carbonyl (C=O) groups excluding carboxylic acids is 1. The van der Waals surface area contributed by atoms with Gasteiger partial charge in [0, 0.05) is 17.1 Å². The third-order valence-electron chi connectivity index (χ3n) is 4.77. The number of amides is 1. The number of hydrogen-bond donors (Lipinski definition) is 1. The fourth-order valence-electron chi connectivity index (χ4n) is 3.15. The van der Waals surface area contributed by atoms with Gasteiger partial charge in [-0.15, -0.1) is 0 Å². The second-order valence-corrected chi connectivity index (χ2v) is 6.80. The van der Waals surface area contributed by atoms with Gasteiger partial charge in [-0.3, -0.25) is 4.79 Å². The molecule has 0 bridgehead atoms. The van der Waals surface area contributed by atoms with E-state index in [4.69, 9.17) is 4.98 Å². The van der Waals surface area contributed by atoms with E-state index < -0.39 is 0 Å². The van der Waals surface area contributed by atoms with Crippen LogP contribution >= 0.6 is 0 Å². The zero-order valence-electron chi connectivity index (χ0n) is 15.9. The summed E-state index contributed by atoms with van der Waals surface area (Å²) < 4.78 is 0. The van der Waals surface area contributed by atoms with E-state index in [1.165, 1.54) is 5.56 Å². The molecule has 0 aliphatic heterocycles. The predicted octanol–water partition coefficient (Wildman–Crippen LogP) is 5.42. The average molecular weight is 367 g/mol. The van der Waals surface area contributed by atoms with Crippen molar-refractivity contribution in [1.82, 2.24) is 9.97 Å².